The zero-order valence-electron chi connectivity index (χ0n) is 8.64. The van der Waals surface area contributed by atoms with Gasteiger partial charge in [0.25, 0.3) is 0 Å². The van der Waals surface area contributed by atoms with Crippen LogP contribution in [0.4, 0.5) is 0 Å². The molecule has 1 aromatic heterocycles. The third-order valence-corrected chi connectivity index (χ3v) is 6.33. The second kappa shape index (κ2) is 3.61. The van der Waals surface area contributed by atoms with Crippen LogP contribution >= 0.6 is 11.3 Å². The van der Waals surface area contributed by atoms with E-state index in [-0.39, 0.29) is 4.21 Å². The van der Waals surface area contributed by atoms with E-state index in [4.69, 9.17) is 5.11 Å². The van der Waals surface area contributed by atoms with E-state index in [1.807, 2.05) is 0 Å². The Morgan fingerprint density at radius 2 is 2.00 bits per heavy atom. The van der Waals surface area contributed by atoms with Crippen LogP contribution in [0.5, 0.6) is 0 Å². The molecule has 1 heterocycles. The van der Waals surface area contributed by atoms with Crippen LogP contribution in [0.25, 0.3) is 0 Å². The molecule has 0 spiro atoms. The minimum absolute atomic E-state index is 0.134. The molecule has 0 radical (unpaired) electrons. The highest BCUT2D eigenvalue weighted by Crippen LogP contribution is 2.31. The molecule has 0 fully saturated rings. The largest absolute Gasteiger partial charge is 0.480 e. The lowest BCUT2D eigenvalue weighted by atomic mass is 10.2. The van der Waals surface area contributed by atoms with Gasteiger partial charge < -0.3 is 5.11 Å². The number of aryl methyl sites for hydroxylation is 1. The fourth-order valence-corrected chi connectivity index (χ4v) is 4.11. The highest BCUT2D eigenvalue weighted by molar-refractivity contribution is 7.95. The number of aliphatic carboxylic acids is 1. The van der Waals surface area contributed by atoms with Crippen molar-refractivity contribution >= 4 is 27.1 Å². The van der Waals surface area contributed by atoms with Gasteiger partial charge in [0, 0.05) is 0 Å². The third kappa shape index (κ3) is 1.79. The Kier molecular flexibility index (Phi) is 2.93. The fourth-order valence-electron chi connectivity index (χ4n) is 0.981. The second-order valence-electron chi connectivity index (χ2n) is 3.71. The summed E-state index contributed by atoms with van der Waals surface area (Å²) < 4.78 is 22.4. The molecule has 0 aliphatic carbocycles. The van der Waals surface area contributed by atoms with E-state index in [9.17, 15) is 13.2 Å². The summed E-state index contributed by atoms with van der Waals surface area (Å²) in [7, 11) is -3.81. The van der Waals surface area contributed by atoms with Gasteiger partial charge in [-0.25, -0.2) is 8.42 Å². The molecule has 0 atom stereocenters. The van der Waals surface area contributed by atoms with Gasteiger partial charge in [-0.05, 0) is 37.8 Å². The maximum Gasteiger partial charge on any atom is 0.324 e. The maximum atomic E-state index is 12.0. The molecular formula is C9H12O4S2. The lowest BCUT2D eigenvalue weighted by Crippen LogP contribution is -2.40. The van der Waals surface area contributed by atoms with Gasteiger partial charge in [-0.3, -0.25) is 4.79 Å². The summed E-state index contributed by atoms with van der Waals surface area (Å²) in [6.07, 6.45) is 0. The first-order valence-corrected chi connectivity index (χ1v) is 6.59. The van der Waals surface area contributed by atoms with Gasteiger partial charge >= 0.3 is 5.97 Å². The van der Waals surface area contributed by atoms with Crippen LogP contribution in [-0.4, -0.2) is 24.2 Å². The standard InChI is InChI=1S/C9H12O4S2/c1-6-4-5-14-7(6)15(12,13)9(2,3)8(10)11/h4-5H,1-3H3,(H,10,11). The Bertz CT molecular complexity index is 482. The van der Waals surface area contributed by atoms with Crippen LogP contribution in [0.15, 0.2) is 15.7 Å². The first-order valence-electron chi connectivity index (χ1n) is 4.23. The molecule has 1 rings (SSSR count). The molecule has 0 saturated heterocycles. The van der Waals surface area contributed by atoms with Crippen LogP contribution in [0.2, 0.25) is 0 Å². The molecule has 0 aliphatic rings. The molecule has 15 heavy (non-hydrogen) atoms. The Morgan fingerprint density at radius 3 is 2.33 bits per heavy atom. The Balaban J connectivity index is 3.39. The molecule has 6 heteroatoms. The van der Waals surface area contributed by atoms with E-state index >= 15 is 0 Å². The number of thiophene rings is 1. The lowest BCUT2D eigenvalue weighted by Gasteiger charge is -2.19. The number of carboxylic acid groups (broad SMARTS) is 1. The van der Waals surface area contributed by atoms with Gasteiger partial charge in [-0.15, -0.1) is 11.3 Å². The van der Waals surface area contributed by atoms with Crippen LogP contribution in [0.3, 0.4) is 0 Å². The van der Waals surface area contributed by atoms with Crippen molar-refractivity contribution < 1.29 is 18.3 Å². The van der Waals surface area contributed by atoms with E-state index in [0.717, 1.165) is 11.3 Å². The van der Waals surface area contributed by atoms with E-state index in [2.05, 4.69) is 0 Å². The minimum Gasteiger partial charge on any atom is -0.480 e. The van der Waals surface area contributed by atoms with Crippen molar-refractivity contribution in [2.24, 2.45) is 0 Å². The fraction of sp³-hybridized carbons (Fsp3) is 0.444. The number of carbonyl (C=O) groups is 1. The molecule has 1 aromatic rings. The molecule has 1 N–H and O–H groups in total. The average molecular weight is 248 g/mol. The lowest BCUT2D eigenvalue weighted by molar-refractivity contribution is -0.139. The van der Waals surface area contributed by atoms with Crippen molar-refractivity contribution in [1.29, 1.82) is 0 Å². The van der Waals surface area contributed by atoms with E-state index in [1.54, 1.807) is 18.4 Å². The summed E-state index contributed by atoms with van der Waals surface area (Å²) >= 11 is 1.05. The molecule has 4 nitrogen and oxygen atoms in total. The molecule has 0 saturated carbocycles. The average Bonchev–Trinajstić information content (AvgIpc) is 2.51. The summed E-state index contributed by atoms with van der Waals surface area (Å²) in [5.41, 5.74) is 0.592. The third-order valence-electron chi connectivity index (χ3n) is 2.25. The van der Waals surface area contributed by atoms with E-state index < -0.39 is 20.6 Å². The molecule has 0 bridgehead atoms. The highest BCUT2D eigenvalue weighted by atomic mass is 32.2. The van der Waals surface area contributed by atoms with E-state index in [0.29, 0.717) is 5.56 Å². The number of carboxylic acids is 1. The Labute approximate surface area is 92.5 Å². The monoisotopic (exact) mass is 248 g/mol. The van der Waals surface area contributed by atoms with Crippen LogP contribution in [-0.2, 0) is 14.6 Å². The number of hydrogen-bond donors (Lipinski definition) is 1. The topological polar surface area (TPSA) is 71.4 Å². The smallest absolute Gasteiger partial charge is 0.324 e. The SMILES string of the molecule is Cc1ccsc1S(=O)(=O)C(C)(C)C(=O)O. The summed E-state index contributed by atoms with van der Waals surface area (Å²) in [4.78, 5) is 10.9. The normalized spacial score (nSPS) is 12.7. The van der Waals surface area contributed by atoms with Crippen LogP contribution in [0, 0.1) is 6.92 Å². The zero-order valence-corrected chi connectivity index (χ0v) is 10.3. The van der Waals surface area contributed by atoms with E-state index in [1.165, 1.54) is 13.8 Å². The first-order chi connectivity index (χ1) is 6.71. The summed E-state index contributed by atoms with van der Waals surface area (Å²) in [6.45, 7) is 4.05. The van der Waals surface area contributed by atoms with Crippen molar-refractivity contribution in [1.82, 2.24) is 0 Å². The predicted molar refractivity (Wildman–Crippen MR) is 58.0 cm³/mol. The van der Waals surface area contributed by atoms with Gasteiger partial charge in [0.1, 0.15) is 4.21 Å². The highest BCUT2D eigenvalue weighted by Gasteiger charge is 2.44. The molecule has 0 amide bonds. The van der Waals surface area contributed by atoms with Gasteiger partial charge in [0.15, 0.2) is 4.75 Å². The van der Waals surface area contributed by atoms with Crippen molar-refractivity contribution in [3.63, 3.8) is 0 Å². The maximum absolute atomic E-state index is 12.0. The predicted octanol–water partition coefficient (Wildman–Crippen LogP) is 1.69. The van der Waals surface area contributed by atoms with Gasteiger partial charge in [0.2, 0.25) is 9.84 Å². The second-order valence-corrected chi connectivity index (χ2v) is 7.32. The number of sulfone groups is 1. The Morgan fingerprint density at radius 1 is 1.47 bits per heavy atom. The molecule has 0 aliphatic heterocycles. The van der Waals surface area contributed by atoms with Crippen LogP contribution in [0.1, 0.15) is 19.4 Å². The van der Waals surface area contributed by atoms with Crippen molar-refractivity contribution in [2.75, 3.05) is 0 Å². The van der Waals surface area contributed by atoms with Crippen molar-refractivity contribution in [3.8, 4) is 0 Å². The van der Waals surface area contributed by atoms with Crippen molar-refractivity contribution in [2.45, 2.75) is 29.7 Å². The number of rotatable bonds is 3. The first kappa shape index (κ1) is 12.2. The molecule has 0 unspecified atom stereocenters. The minimum atomic E-state index is -3.81. The zero-order chi connectivity index (χ0) is 11.9. The quantitative estimate of drug-likeness (QED) is 0.883. The van der Waals surface area contributed by atoms with Gasteiger partial charge in [0.05, 0.1) is 0 Å². The number of hydrogen-bond acceptors (Lipinski definition) is 4. The summed E-state index contributed by atoms with van der Waals surface area (Å²) in [5.74, 6) is -1.34. The molecule has 0 aromatic carbocycles. The summed E-state index contributed by atoms with van der Waals surface area (Å²) in [6, 6.07) is 1.66. The van der Waals surface area contributed by atoms with Gasteiger partial charge in [-0.1, -0.05) is 0 Å². The molecular weight excluding hydrogens is 236 g/mol. The molecule has 84 valence electrons. The van der Waals surface area contributed by atoms with Crippen molar-refractivity contribution in [3.05, 3.63) is 17.0 Å². The van der Waals surface area contributed by atoms with Gasteiger partial charge in [-0.2, -0.15) is 0 Å². The van der Waals surface area contributed by atoms with Crippen LogP contribution < -0.4 is 0 Å². The Hall–Kier alpha value is -0.880. The summed E-state index contributed by atoms with van der Waals surface area (Å²) in [5, 5.41) is 10.5.